The molecule has 2 aromatic rings. The van der Waals surface area contributed by atoms with Crippen molar-refractivity contribution < 1.29 is 9.47 Å². The molecule has 0 amide bonds. The second kappa shape index (κ2) is 7.79. The number of rotatable bonds is 6. The molecule has 0 aliphatic rings. The van der Waals surface area contributed by atoms with Crippen molar-refractivity contribution in [1.29, 1.82) is 0 Å². The van der Waals surface area contributed by atoms with Gasteiger partial charge in [-0.05, 0) is 71.6 Å². The molecule has 0 saturated heterocycles. The van der Waals surface area contributed by atoms with Crippen LogP contribution in [0.3, 0.4) is 0 Å². The Morgan fingerprint density at radius 1 is 1.04 bits per heavy atom. The minimum Gasteiger partial charge on any atom is -0.489 e. The minimum atomic E-state index is 0.367. The molecule has 0 aliphatic heterocycles. The van der Waals surface area contributed by atoms with Crippen LogP contribution in [0.1, 0.15) is 22.3 Å². The zero-order valence-corrected chi connectivity index (χ0v) is 15.9. The molecule has 0 aliphatic carbocycles. The van der Waals surface area contributed by atoms with Crippen LogP contribution < -0.4 is 15.2 Å². The highest BCUT2D eigenvalue weighted by atomic mass is 79.9. The number of ether oxygens (including phenoxy) is 2. The molecule has 3 nitrogen and oxygen atoms in total. The topological polar surface area (TPSA) is 44.5 Å². The van der Waals surface area contributed by atoms with Crippen LogP contribution in [0.4, 0.5) is 0 Å². The summed E-state index contributed by atoms with van der Waals surface area (Å²) < 4.78 is 12.5. The number of nitrogens with two attached hydrogens (primary N) is 1. The predicted molar refractivity (Wildman–Crippen MR) is 102 cm³/mol. The van der Waals surface area contributed by atoms with Gasteiger partial charge in [0.1, 0.15) is 29.7 Å². The van der Waals surface area contributed by atoms with Crippen LogP contribution in [0.25, 0.3) is 0 Å². The van der Waals surface area contributed by atoms with E-state index >= 15 is 0 Å². The number of aryl methyl sites for hydroxylation is 2. The van der Waals surface area contributed by atoms with Gasteiger partial charge in [0.15, 0.2) is 0 Å². The van der Waals surface area contributed by atoms with Gasteiger partial charge in [-0.15, -0.1) is 0 Å². The Morgan fingerprint density at radius 3 is 2.35 bits per heavy atom. The first-order chi connectivity index (χ1) is 10.9. The second-order valence-corrected chi connectivity index (χ2v) is 6.65. The maximum atomic E-state index is 5.89. The monoisotopic (exact) mass is 393 g/mol. The number of thiocarbonyl (C=S) groups is 1. The van der Waals surface area contributed by atoms with Gasteiger partial charge >= 0.3 is 0 Å². The van der Waals surface area contributed by atoms with E-state index in [2.05, 4.69) is 41.9 Å². The maximum Gasteiger partial charge on any atom is 0.133 e. The normalized spacial score (nSPS) is 10.4. The molecule has 2 N–H and O–H groups in total. The summed E-state index contributed by atoms with van der Waals surface area (Å²) in [5, 5.41) is 0. The first-order valence-electron chi connectivity index (χ1n) is 7.32. The molecule has 0 unspecified atom stereocenters. The number of benzene rings is 2. The molecule has 0 radical (unpaired) electrons. The lowest BCUT2D eigenvalue weighted by atomic mass is 10.1. The summed E-state index contributed by atoms with van der Waals surface area (Å²) in [7, 11) is 0. The summed E-state index contributed by atoms with van der Waals surface area (Å²) in [5.74, 6) is 1.68. The van der Waals surface area contributed by atoms with E-state index in [1.165, 1.54) is 11.1 Å². The Bertz CT molecular complexity index is 731. The van der Waals surface area contributed by atoms with Crippen LogP contribution in [0.15, 0.2) is 34.8 Å². The molecule has 0 spiro atoms. The van der Waals surface area contributed by atoms with Gasteiger partial charge in [-0.25, -0.2) is 0 Å². The van der Waals surface area contributed by atoms with E-state index in [-0.39, 0.29) is 0 Å². The van der Waals surface area contributed by atoms with E-state index in [0.29, 0.717) is 18.2 Å². The van der Waals surface area contributed by atoms with Gasteiger partial charge in [0, 0.05) is 5.56 Å². The van der Waals surface area contributed by atoms with E-state index in [0.717, 1.165) is 27.1 Å². The van der Waals surface area contributed by atoms with Crippen molar-refractivity contribution in [3.05, 3.63) is 57.1 Å². The smallest absolute Gasteiger partial charge is 0.133 e. The number of hydrogen-bond acceptors (Lipinski definition) is 3. The Labute approximate surface area is 150 Å². The Balaban J connectivity index is 1.94. The largest absolute Gasteiger partial charge is 0.489 e. The molecule has 0 aromatic heterocycles. The highest BCUT2D eigenvalue weighted by molar-refractivity contribution is 9.10. The molecule has 0 heterocycles. The average Bonchev–Trinajstić information content (AvgIpc) is 2.51. The molecule has 2 rings (SSSR count). The van der Waals surface area contributed by atoms with Gasteiger partial charge in [-0.2, -0.15) is 0 Å². The van der Waals surface area contributed by atoms with Crippen molar-refractivity contribution in [2.75, 3.05) is 13.2 Å². The fourth-order valence-corrected chi connectivity index (χ4v) is 2.83. The fourth-order valence-electron chi connectivity index (χ4n) is 2.21. The van der Waals surface area contributed by atoms with Crippen molar-refractivity contribution in [2.45, 2.75) is 20.8 Å². The molecule has 23 heavy (non-hydrogen) atoms. The predicted octanol–water partition coefficient (Wildman–Crippen LogP) is 4.47. The zero-order valence-electron chi connectivity index (χ0n) is 13.5. The average molecular weight is 394 g/mol. The van der Waals surface area contributed by atoms with Crippen molar-refractivity contribution >= 4 is 33.1 Å². The summed E-state index contributed by atoms with van der Waals surface area (Å²) in [5.41, 5.74) is 9.95. The first kappa shape index (κ1) is 17.8. The van der Waals surface area contributed by atoms with Crippen molar-refractivity contribution in [1.82, 2.24) is 0 Å². The third kappa shape index (κ3) is 4.45. The lowest BCUT2D eigenvalue weighted by Gasteiger charge is -2.15. The first-order valence-corrected chi connectivity index (χ1v) is 8.52. The molecule has 5 heteroatoms. The van der Waals surface area contributed by atoms with E-state index < -0.39 is 0 Å². The highest BCUT2D eigenvalue weighted by Crippen LogP contribution is 2.27. The number of halogens is 1. The lowest BCUT2D eigenvalue weighted by molar-refractivity contribution is 0.214. The van der Waals surface area contributed by atoms with Crippen molar-refractivity contribution in [3.8, 4) is 11.5 Å². The van der Waals surface area contributed by atoms with Crippen LogP contribution in [-0.2, 0) is 0 Å². The van der Waals surface area contributed by atoms with Crippen LogP contribution in [0.2, 0.25) is 0 Å². The maximum absolute atomic E-state index is 5.89. The van der Waals surface area contributed by atoms with Gasteiger partial charge in [0.05, 0.1) is 4.47 Å². The molecule has 0 bridgehead atoms. The summed E-state index contributed by atoms with van der Waals surface area (Å²) >= 11 is 8.42. The van der Waals surface area contributed by atoms with Gasteiger partial charge in [-0.3, -0.25) is 0 Å². The van der Waals surface area contributed by atoms with Gasteiger partial charge in [0.2, 0.25) is 0 Å². The molecule has 0 fully saturated rings. The fraction of sp³-hybridized carbons (Fsp3) is 0.278. The Hall–Kier alpha value is -1.59. The van der Waals surface area contributed by atoms with E-state index in [1.807, 2.05) is 25.1 Å². The second-order valence-electron chi connectivity index (χ2n) is 5.36. The number of hydrogen-bond donors (Lipinski definition) is 1. The third-order valence-corrected chi connectivity index (χ3v) is 4.53. The molecule has 122 valence electrons. The molecular weight excluding hydrogens is 374 g/mol. The Morgan fingerprint density at radius 2 is 1.70 bits per heavy atom. The van der Waals surface area contributed by atoms with Crippen LogP contribution >= 0.6 is 28.1 Å². The zero-order chi connectivity index (χ0) is 17.0. The Kier molecular flexibility index (Phi) is 6.02. The van der Waals surface area contributed by atoms with Gasteiger partial charge in [-0.1, -0.05) is 24.4 Å². The van der Waals surface area contributed by atoms with E-state index in [1.54, 1.807) is 0 Å². The molecule has 2 aromatic carbocycles. The van der Waals surface area contributed by atoms with E-state index in [9.17, 15) is 0 Å². The molecule has 0 atom stereocenters. The van der Waals surface area contributed by atoms with Crippen LogP contribution in [-0.4, -0.2) is 18.2 Å². The van der Waals surface area contributed by atoms with E-state index in [4.69, 9.17) is 27.4 Å². The summed E-state index contributed by atoms with van der Waals surface area (Å²) in [6.07, 6.45) is 0. The van der Waals surface area contributed by atoms with Crippen LogP contribution in [0.5, 0.6) is 11.5 Å². The summed E-state index contributed by atoms with van der Waals surface area (Å²) in [6.45, 7) is 7.14. The SMILES string of the molecule is Cc1ccc(C)c(OCCOc2ccc(C(N)=S)cc2Br)c1C. The summed E-state index contributed by atoms with van der Waals surface area (Å²) in [6, 6.07) is 9.73. The third-order valence-electron chi connectivity index (χ3n) is 3.68. The lowest BCUT2D eigenvalue weighted by Crippen LogP contribution is -2.12. The van der Waals surface area contributed by atoms with Gasteiger partial charge in [0.25, 0.3) is 0 Å². The quantitative estimate of drug-likeness (QED) is 0.580. The van der Waals surface area contributed by atoms with Crippen molar-refractivity contribution in [2.24, 2.45) is 5.73 Å². The molecular formula is C18H20BrNO2S. The minimum absolute atomic E-state index is 0.367. The summed E-state index contributed by atoms with van der Waals surface area (Å²) in [4.78, 5) is 0.367. The molecule has 0 saturated carbocycles. The highest BCUT2D eigenvalue weighted by Gasteiger charge is 2.07. The van der Waals surface area contributed by atoms with Crippen molar-refractivity contribution in [3.63, 3.8) is 0 Å². The van der Waals surface area contributed by atoms with Gasteiger partial charge < -0.3 is 15.2 Å². The standard InChI is InChI=1S/C18H20BrNO2S/c1-11-4-5-12(2)17(13(11)3)22-9-8-21-16-7-6-14(18(20)23)10-15(16)19/h4-7,10H,8-9H2,1-3H3,(H2,20,23). The van der Waals surface area contributed by atoms with Crippen LogP contribution in [0, 0.1) is 20.8 Å².